The number of nitrogens with zero attached hydrogens (tertiary/aromatic N) is 1. The van der Waals surface area contributed by atoms with Gasteiger partial charge in [0.25, 0.3) is 0 Å². The lowest BCUT2D eigenvalue weighted by atomic mass is 10.0. The van der Waals surface area contributed by atoms with Crippen molar-refractivity contribution in [2.75, 3.05) is 47.5 Å². The van der Waals surface area contributed by atoms with Gasteiger partial charge >= 0.3 is 19.8 Å². The third-order valence-electron chi connectivity index (χ3n) is 10.3. The molecule has 2 atom stereocenters. The fourth-order valence-electron chi connectivity index (χ4n) is 6.54. The molecule has 0 aliphatic heterocycles. The van der Waals surface area contributed by atoms with Gasteiger partial charge in [0, 0.05) is 12.8 Å². The Bertz CT molecular complexity index is 1160. The minimum atomic E-state index is -4.39. The maximum atomic E-state index is 12.7. The van der Waals surface area contributed by atoms with Gasteiger partial charge in [-0.3, -0.25) is 18.6 Å². The smallest absolute Gasteiger partial charge is 0.462 e. The number of quaternary nitrogens is 1. The van der Waals surface area contributed by atoms with Gasteiger partial charge in [-0.2, -0.15) is 0 Å². The molecule has 0 heterocycles. The van der Waals surface area contributed by atoms with Gasteiger partial charge in [-0.25, -0.2) is 4.57 Å². The molecule has 0 amide bonds. The zero-order chi connectivity index (χ0) is 44.3. The van der Waals surface area contributed by atoms with Crippen molar-refractivity contribution in [1.82, 2.24) is 0 Å². The number of hydrogen-bond donors (Lipinski definition) is 1. The highest BCUT2D eigenvalue weighted by molar-refractivity contribution is 7.47. The second-order valence-electron chi connectivity index (χ2n) is 17.5. The van der Waals surface area contributed by atoms with Crippen LogP contribution >= 0.6 is 7.82 Å². The predicted octanol–water partition coefficient (Wildman–Crippen LogP) is 14.2. The SMILES string of the molecule is CCC/C=C/C/C=C/C/C=C/C/C=C/CCCCCC(=O)O[C@H](COC(=O)CCCCCCCCCCCCCCCCCCCCC)COP(=O)(O)OCC[N+](C)(C)C. The van der Waals surface area contributed by atoms with E-state index in [1.54, 1.807) is 0 Å². The molecule has 0 saturated carbocycles. The molecule has 350 valence electrons. The van der Waals surface area contributed by atoms with E-state index in [-0.39, 0.29) is 32.0 Å². The molecule has 0 bridgehead atoms. The number of phosphoric acid groups is 1. The van der Waals surface area contributed by atoms with Crippen molar-refractivity contribution in [3.63, 3.8) is 0 Å². The summed E-state index contributed by atoms with van der Waals surface area (Å²) < 4.78 is 34.4. The van der Waals surface area contributed by atoms with Crippen molar-refractivity contribution in [2.24, 2.45) is 0 Å². The first-order valence-corrected chi connectivity index (χ1v) is 25.9. The van der Waals surface area contributed by atoms with Gasteiger partial charge in [0.05, 0.1) is 27.7 Å². The standard InChI is InChI=1S/C50H92NO8P/c1-6-8-10-12-14-16-18-20-22-24-25-27-28-30-32-34-36-38-40-42-49(52)56-46-48(47-58-60(54,55)57-45-44-51(3,4)5)59-50(53)43-41-39-37-35-33-31-29-26-23-21-19-17-15-13-11-9-7-2/h11,13,17,19,23,26,31,33,48H,6-10,12,14-16,18,20-22,24-25,27-30,32,34-47H2,1-5H3/p+1/b13-11+,19-17+,26-23+,33-31+/t48-/m1/s1. The number of unbranched alkanes of at least 4 members (excludes halogenated alkanes) is 22. The van der Waals surface area contributed by atoms with Crippen LogP contribution in [0.3, 0.4) is 0 Å². The van der Waals surface area contributed by atoms with Gasteiger partial charge < -0.3 is 18.9 Å². The largest absolute Gasteiger partial charge is 0.472 e. The van der Waals surface area contributed by atoms with Crippen LogP contribution in [0.1, 0.15) is 206 Å². The van der Waals surface area contributed by atoms with Crippen LogP contribution in [-0.2, 0) is 32.7 Å². The summed E-state index contributed by atoms with van der Waals surface area (Å²) in [5.41, 5.74) is 0. The molecule has 0 fully saturated rings. The molecule has 10 heteroatoms. The van der Waals surface area contributed by atoms with E-state index in [9.17, 15) is 19.0 Å². The number of likely N-dealkylation sites (N-methyl/N-ethyl adjacent to an activating group) is 1. The Kier molecular flexibility index (Phi) is 40.8. The molecule has 0 aliphatic rings. The Balaban J connectivity index is 4.32. The molecule has 0 saturated heterocycles. The molecular formula is C50H93NO8P+. The first kappa shape index (κ1) is 58.0. The molecule has 1 N–H and O–H groups in total. The number of ether oxygens (including phenoxy) is 2. The summed E-state index contributed by atoms with van der Waals surface area (Å²) in [7, 11) is 1.46. The van der Waals surface area contributed by atoms with Crippen molar-refractivity contribution in [3.8, 4) is 0 Å². The van der Waals surface area contributed by atoms with E-state index in [1.165, 1.54) is 109 Å². The van der Waals surface area contributed by atoms with Gasteiger partial charge in [-0.05, 0) is 51.4 Å². The van der Waals surface area contributed by atoms with Crippen molar-refractivity contribution >= 4 is 19.8 Å². The molecular weight excluding hydrogens is 774 g/mol. The predicted molar refractivity (Wildman–Crippen MR) is 252 cm³/mol. The Morgan fingerprint density at radius 2 is 0.933 bits per heavy atom. The highest BCUT2D eigenvalue weighted by Crippen LogP contribution is 2.43. The third kappa shape index (κ3) is 45.5. The molecule has 0 aromatic heterocycles. The average Bonchev–Trinajstić information content (AvgIpc) is 3.20. The molecule has 0 aromatic carbocycles. The number of carbonyl (C=O) groups is 2. The minimum Gasteiger partial charge on any atom is -0.462 e. The second kappa shape index (κ2) is 42.3. The van der Waals surface area contributed by atoms with Gasteiger partial charge in [-0.15, -0.1) is 0 Å². The summed E-state index contributed by atoms with van der Waals surface area (Å²) >= 11 is 0. The van der Waals surface area contributed by atoms with Crippen LogP contribution in [0.2, 0.25) is 0 Å². The van der Waals surface area contributed by atoms with E-state index < -0.39 is 26.5 Å². The third-order valence-corrected chi connectivity index (χ3v) is 11.3. The van der Waals surface area contributed by atoms with Crippen molar-refractivity contribution in [2.45, 2.75) is 213 Å². The Morgan fingerprint density at radius 3 is 1.40 bits per heavy atom. The number of esters is 2. The number of hydrogen-bond acceptors (Lipinski definition) is 7. The maximum Gasteiger partial charge on any atom is 0.472 e. The lowest BCUT2D eigenvalue weighted by Crippen LogP contribution is -2.37. The fourth-order valence-corrected chi connectivity index (χ4v) is 7.28. The zero-order valence-electron chi connectivity index (χ0n) is 39.4. The number of carbonyl (C=O) groups excluding carboxylic acids is 2. The number of rotatable bonds is 44. The lowest BCUT2D eigenvalue weighted by Gasteiger charge is -2.24. The number of phosphoric ester groups is 1. The summed E-state index contributed by atoms with van der Waals surface area (Å²) in [6.45, 7) is 4.34. The Hall–Kier alpha value is -2.03. The molecule has 0 spiro atoms. The number of allylic oxidation sites excluding steroid dienone is 8. The summed E-state index contributed by atoms with van der Waals surface area (Å²) in [6, 6.07) is 0. The normalized spacial score (nSPS) is 13.9. The van der Waals surface area contributed by atoms with Crippen LogP contribution in [-0.4, -0.2) is 74.9 Å². The monoisotopic (exact) mass is 867 g/mol. The van der Waals surface area contributed by atoms with Crippen LogP contribution in [0.5, 0.6) is 0 Å². The molecule has 0 rings (SSSR count). The summed E-state index contributed by atoms with van der Waals surface area (Å²) in [4.78, 5) is 35.5. The average molecular weight is 867 g/mol. The van der Waals surface area contributed by atoms with Gasteiger partial charge in [0.2, 0.25) is 0 Å². The lowest BCUT2D eigenvalue weighted by molar-refractivity contribution is -0.870. The zero-order valence-corrected chi connectivity index (χ0v) is 40.3. The van der Waals surface area contributed by atoms with E-state index in [1.807, 2.05) is 21.1 Å². The van der Waals surface area contributed by atoms with Crippen molar-refractivity contribution in [3.05, 3.63) is 48.6 Å². The fraction of sp³-hybridized carbons (Fsp3) is 0.800. The van der Waals surface area contributed by atoms with E-state index >= 15 is 0 Å². The van der Waals surface area contributed by atoms with Gasteiger partial charge in [0.1, 0.15) is 19.8 Å². The van der Waals surface area contributed by atoms with Crippen LogP contribution in [0.25, 0.3) is 0 Å². The molecule has 60 heavy (non-hydrogen) atoms. The first-order chi connectivity index (χ1) is 29.0. The van der Waals surface area contributed by atoms with Crippen molar-refractivity contribution in [1.29, 1.82) is 0 Å². The molecule has 9 nitrogen and oxygen atoms in total. The Labute approximate surface area is 369 Å². The summed E-state index contributed by atoms with van der Waals surface area (Å²) in [5, 5.41) is 0. The highest BCUT2D eigenvalue weighted by atomic mass is 31.2. The van der Waals surface area contributed by atoms with E-state index in [4.69, 9.17) is 18.5 Å². The summed E-state index contributed by atoms with van der Waals surface area (Å²) in [6.07, 6.45) is 50.2. The second-order valence-corrected chi connectivity index (χ2v) is 19.0. The molecule has 0 radical (unpaired) electrons. The quantitative estimate of drug-likeness (QED) is 0.0212. The van der Waals surface area contributed by atoms with E-state index in [0.717, 1.165) is 64.2 Å². The Morgan fingerprint density at radius 1 is 0.517 bits per heavy atom. The van der Waals surface area contributed by atoms with Gasteiger partial charge in [0.15, 0.2) is 6.10 Å². The molecule has 0 aliphatic carbocycles. The maximum absolute atomic E-state index is 12.7. The van der Waals surface area contributed by atoms with E-state index in [0.29, 0.717) is 17.4 Å². The van der Waals surface area contributed by atoms with Gasteiger partial charge in [-0.1, -0.05) is 191 Å². The highest BCUT2D eigenvalue weighted by Gasteiger charge is 2.27. The van der Waals surface area contributed by atoms with Crippen LogP contribution in [0.4, 0.5) is 0 Å². The minimum absolute atomic E-state index is 0.0249. The van der Waals surface area contributed by atoms with E-state index in [2.05, 4.69) is 62.5 Å². The topological polar surface area (TPSA) is 108 Å². The van der Waals surface area contributed by atoms with Crippen LogP contribution in [0.15, 0.2) is 48.6 Å². The molecule has 0 aromatic rings. The first-order valence-electron chi connectivity index (χ1n) is 24.4. The summed E-state index contributed by atoms with van der Waals surface area (Å²) in [5.74, 6) is -0.829. The van der Waals surface area contributed by atoms with Crippen molar-refractivity contribution < 1.29 is 42.1 Å². The van der Waals surface area contributed by atoms with Crippen LogP contribution < -0.4 is 0 Å². The molecule has 1 unspecified atom stereocenters. The van der Waals surface area contributed by atoms with Crippen LogP contribution in [0, 0.1) is 0 Å².